The molecule has 0 aliphatic carbocycles. The number of rotatable bonds is 10. The van der Waals surface area contributed by atoms with Gasteiger partial charge in [-0.2, -0.15) is 0 Å². The summed E-state index contributed by atoms with van der Waals surface area (Å²) in [5.74, 6) is 0.675. The smallest absolute Gasteiger partial charge is 0.191 e. The van der Waals surface area contributed by atoms with Gasteiger partial charge in [-0.25, -0.2) is 13.4 Å². The van der Waals surface area contributed by atoms with Crippen molar-refractivity contribution in [2.24, 2.45) is 4.99 Å². The molecule has 0 amide bonds. The third-order valence-corrected chi connectivity index (χ3v) is 7.28. The maximum absolute atomic E-state index is 12.7. The first kappa shape index (κ1) is 22.4. The van der Waals surface area contributed by atoms with Gasteiger partial charge in [-0.05, 0) is 31.9 Å². The van der Waals surface area contributed by atoms with Gasteiger partial charge in [-0.1, -0.05) is 32.0 Å². The average Bonchev–Trinajstić information content (AvgIpc) is 3.16. The van der Waals surface area contributed by atoms with E-state index < -0.39 is 9.84 Å². The Balaban J connectivity index is 1.99. The molecule has 0 spiro atoms. The van der Waals surface area contributed by atoms with Gasteiger partial charge < -0.3 is 10.6 Å². The Bertz CT molecular complexity index is 848. The molecular weight excluding hydrogens is 392 g/mol. The molecule has 2 aromatic rings. The highest BCUT2D eigenvalue weighted by atomic mass is 32.2. The molecule has 1 aromatic carbocycles. The van der Waals surface area contributed by atoms with Crippen LogP contribution in [0.25, 0.3) is 0 Å². The molecule has 0 saturated heterocycles. The van der Waals surface area contributed by atoms with Gasteiger partial charge in [0.1, 0.15) is 0 Å². The number of nitrogens with one attached hydrogen (secondary N) is 2. The predicted octanol–water partition coefficient (Wildman–Crippen LogP) is 3.06. The summed E-state index contributed by atoms with van der Waals surface area (Å²) < 4.78 is 25.3. The molecule has 0 aliphatic heterocycles. The van der Waals surface area contributed by atoms with Gasteiger partial charge in [0.05, 0.1) is 15.7 Å². The molecule has 1 aromatic heterocycles. The quantitative estimate of drug-likeness (QED) is 0.454. The number of aliphatic imine (C=N–C) groups is 1. The fourth-order valence-corrected chi connectivity index (χ4v) is 5.12. The highest BCUT2D eigenvalue weighted by molar-refractivity contribution is 7.91. The van der Waals surface area contributed by atoms with E-state index in [2.05, 4.69) is 27.5 Å². The van der Waals surface area contributed by atoms with Crippen LogP contribution in [-0.4, -0.2) is 44.2 Å². The summed E-state index contributed by atoms with van der Waals surface area (Å²) in [6.07, 6.45) is 4.39. The molecule has 1 unspecified atom stereocenters. The van der Waals surface area contributed by atoms with Gasteiger partial charge >= 0.3 is 0 Å². The van der Waals surface area contributed by atoms with E-state index in [0.29, 0.717) is 30.4 Å². The van der Waals surface area contributed by atoms with Crippen molar-refractivity contribution in [2.75, 3.05) is 18.8 Å². The summed E-state index contributed by atoms with van der Waals surface area (Å²) in [4.78, 5) is 10.7. The van der Waals surface area contributed by atoms with Crippen molar-refractivity contribution in [3.63, 3.8) is 0 Å². The molecule has 2 rings (SSSR count). The molecule has 2 N–H and O–H groups in total. The Morgan fingerprint density at radius 2 is 1.96 bits per heavy atom. The average molecular weight is 423 g/mol. The van der Waals surface area contributed by atoms with Crippen LogP contribution in [0.5, 0.6) is 0 Å². The van der Waals surface area contributed by atoms with Crippen LogP contribution in [-0.2, 0) is 22.7 Å². The third kappa shape index (κ3) is 6.91. The van der Waals surface area contributed by atoms with Gasteiger partial charge in [0.2, 0.25) is 0 Å². The Hall–Kier alpha value is -1.93. The predicted molar refractivity (Wildman–Crippen MR) is 117 cm³/mol. The lowest BCUT2D eigenvalue weighted by Gasteiger charge is -2.20. The first-order chi connectivity index (χ1) is 13.5. The van der Waals surface area contributed by atoms with E-state index in [1.54, 1.807) is 35.6 Å². The summed E-state index contributed by atoms with van der Waals surface area (Å²) >= 11 is 1.72. The van der Waals surface area contributed by atoms with Gasteiger partial charge in [0.15, 0.2) is 15.8 Å². The van der Waals surface area contributed by atoms with Crippen LogP contribution in [0.4, 0.5) is 0 Å². The summed E-state index contributed by atoms with van der Waals surface area (Å²) in [5, 5.41) is 7.56. The van der Waals surface area contributed by atoms with Gasteiger partial charge in [0, 0.05) is 36.6 Å². The fourth-order valence-electron chi connectivity index (χ4n) is 2.65. The minimum atomic E-state index is -3.35. The maximum atomic E-state index is 12.7. The van der Waals surface area contributed by atoms with Crippen molar-refractivity contribution in [1.29, 1.82) is 0 Å². The second kappa shape index (κ2) is 11.2. The summed E-state index contributed by atoms with van der Waals surface area (Å²) in [6.45, 7) is 7.41. The lowest BCUT2D eigenvalue weighted by atomic mass is 10.3. The van der Waals surface area contributed by atoms with E-state index in [9.17, 15) is 8.42 Å². The van der Waals surface area contributed by atoms with Crippen molar-refractivity contribution >= 4 is 27.1 Å². The topological polar surface area (TPSA) is 83.4 Å². The Morgan fingerprint density at radius 1 is 1.21 bits per heavy atom. The van der Waals surface area contributed by atoms with Crippen molar-refractivity contribution in [3.05, 3.63) is 46.4 Å². The molecule has 1 heterocycles. The van der Waals surface area contributed by atoms with Crippen LogP contribution in [0.2, 0.25) is 0 Å². The number of aromatic nitrogens is 1. The lowest BCUT2D eigenvalue weighted by molar-refractivity contribution is 0.569. The summed E-state index contributed by atoms with van der Waals surface area (Å²) in [6, 6.07) is 8.37. The molecule has 1 atom stereocenters. The Kier molecular flexibility index (Phi) is 8.92. The fraction of sp³-hybridized carbons (Fsp3) is 0.500. The molecule has 0 fully saturated rings. The number of sulfone groups is 1. The second-order valence-corrected chi connectivity index (χ2v) is 9.66. The number of guanidine groups is 1. The molecule has 6 nitrogen and oxygen atoms in total. The second-order valence-electron chi connectivity index (χ2n) is 6.43. The van der Waals surface area contributed by atoms with Crippen molar-refractivity contribution in [1.82, 2.24) is 15.6 Å². The number of hydrogen-bond donors (Lipinski definition) is 2. The first-order valence-electron chi connectivity index (χ1n) is 9.74. The van der Waals surface area contributed by atoms with Crippen LogP contribution >= 0.6 is 11.3 Å². The number of benzene rings is 1. The Labute approximate surface area is 172 Å². The van der Waals surface area contributed by atoms with E-state index in [-0.39, 0.29) is 11.8 Å². The SMILES string of the molecule is CCNC(=NCCc1ncc(CC)s1)NC(CC)CS(=O)(=O)c1ccccc1. The zero-order valence-corrected chi connectivity index (χ0v) is 18.4. The molecule has 0 radical (unpaired) electrons. The highest BCUT2D eigenvalue weighted by Gasteiger charge is 2.20. The van der Waals surface area contributed by atoms with E-state index in [1.807, 2.05) is 26.1 Å². The molecule has 8 heteroatoms. The first-order valence-corrected chi connectivity index (χ1v) is 12.2. The third-order valence-electron chi connectivity index (χ3n) is 4.25. The lowest BCUT2D eigenvalue weighted by Crippen LogP contribution is -2.46. The molecule has 154 valence electrons. The van der Waals surface area contributed by atoms with Gasteiger partial charge in [-0.15, -0.1) is 11.3 Å². The minimum absolute atomic E-state index is 0.0320. The molecule has 0 aliphatic rings. The van der Waals surface area contributed by atoms with Crippen molar-refractivity contribution in [3.8, 4) is 0 Å². The number of thiazole rings is 1. The van der Waals surface area contributed by atoms with Crippen LogP contribution in [0.15, 0.2) is 46.4 Å². The van der Waals surface area contributed by atoms with Crippen LogP contribution in [0.1, 0.15) is 37.1 Å². The summed E-state index contributed by atoms with van der Waals surface area (Å²) in [5.41, 5.74) is 0. The zero-order valence-electron chi connectivity index (χ0n) is 16.8. The summed E-state index contributed by atoms with van der Waals surface area (Å²) in [7, 11) is -3.35. The minimum Gasteiger partial charge on any atom is -0.357 e. The number of hydrogen-bond acceptors (Lipinski definition) is 5. The number of nitrogens with zero attached hydrogens (tertiary/aromatic N) is 2. The van der Waals surface area contributed by atoms with Crippen LogP contribution < -0.4 is 10.6 Å². The van der Waals surface area contributed by atoms with Crippen LogP contribution in [0.3, 0.4) is 0 Å². The molecule has 28 heavy (non-hydrogen) atoms. The van der Waals surface area contributed by atoms with Crippen molar-refractivity contribution in [2.45, 2.75) is 51.0 Å². The standard InChI is InChI=1S/C20H30N4O2S2/c1-4-16(15-28(25,26)18-10-8-7-9-11-18)24-20(21-6-3)22-13-12-19-23-14-17(5-2)27-19/h7-11,14,16H,4-6,12-13,15H2,1-3H3,(H2,21,22,24). The van der Waals surface area contributed by atoms with E-state index in [0.717, 1.165) is 17.8 Å². The van der Waals surface area contributed by atoms with Gasteiger partial charge in [0.25, 0.3) is 0 Å². The molecule has 0 saturated carbocycles. The maximum Gasteiger partial charge on any atom is 0.191 e. The molecule has 0 bridgehead atoms. The zero-order chi connectivity index (χ0) is 20.4. The highest BCUT2D eigenvalue weighted by Crippen LogP contribution is 2.14. The number of aryl methyl sites for hydroxylation is 1. The van der Waals surface area contributed by atoms with Crippen molar-refractivity contribution < 1.29 is 8.42 Å². The monoisotopic (exact) mass is 422 g/mol. The molecular formula is C20H30N4O2S2. The largest absolute Gasteiger partial charge is 0.357 e. The van der Waals surface area contributed by atoms with E-state index >= 15 is 0 Å². The van der Waals surface area contributed by atoms with E-state index in [1.165, 1.54) is 4.88 Å². The van der Waals surface area contributed by atoms with Gasteiger partial charge in [-0.3, -0.25) is 4.99 Å². The Morgan fingerprint density at radius 3 is 2.57 bits per heavy atom. The normalized spacial score (nSPS) is 13.3. The van der Waals surface area contributed by atoms with Crippen LogP contribution in [0, 0.1) is 0 Å². The van der Waals surface area contributed by atoms with E-state index in [4.69, 9.17) is 0 Å².